The molecule has 1 aromatic carbocycles. The third-order valence-corrected chi connectivity index (χ3v) is 4.06. The largest absolute Gasteiger partial charge is 0.493 e. The number of aromatic amines is 1. The van der Waals surface area contributed by atoms with Gasteiger partial charge in [0.05, 0.1) is 6.61 Å². The van der Waals surface area contributed by atoms with Gasteiger partial charge in [0.15, 0.2) is 0 Å². The van der Waals surface area contributed by atoms with E-state index in [0.717, 1.165) is 42.6 Å². The molecular formula is C18H26ClN3O2. The van der Waals surface area contributed by atoms with Crippen LogP contribution in [0.2, 0.25) is 0 Å². The van der Waals surface area contributed by atoms with E-state index in [-0.39, 0.29) is 18.3 Å². The molecule has 24 heavy (non-hydrogen) atoms. The smallest absolute Gasteiger partial charge is 0.282 e. The molecular weight excluding hydrogens is 326 g/mol. The second kappa shape index (κ2) is 8.40. The minimum absolute atomic E-state index is 0. The Balaban J connectivity index is 0.00000208. The highest BCUT2D eigenvalue weighted by molar-refractivity contribution is 5.99. The summed E-state index contributed by atoms with van der Waals surface area (Å²) in [7, 11) is 0. The van der Waals surface area contributed by atoms with Crippen molar-refractivity contribution in [2.45, 2.75) is 33.1 Å². The number of H-pyrrole nitrogens is 1. The monoisotopic (exact) mass is 351 g/mol. The first-order valence-electron chi connectivity index (χ1n) is 8.44. The molecule has 1 aliphatic rings. The van der Waals surface area contributed by atoms with Crippen molar-refractivity contribution in [2.75, 3.05) is 19.7 Å². The van der Waals surface area contributed by atoms with E-state index >= 15 is 0 Å². The first-order valence-corrected chi connectivity index (χ1v) is 8.44. The van der Waals surface area contributed by atoms with Gasteiger partial charge in [-0.3, -0.25) is 10.2 Å². The number of nitrogens with zero attached hydrogens (tertiary/aromatic N) is 1. The lowest BCUT2D eigenvalue weighted by Crippen LogP contribution is -2.45. The van der Waals surface area contributed by atoms with Crippen LogP contribution in [0.5, 0.6) is 5.75 Å². The van der Waals surface area contributed by atoms with Crippen LogP contribution in [0.3, 0.4) is 0 Å². The first kappa shape index (κ1) is 18.6. The molecule has 2 heterocycles. The zero-order valence-electron chi connectivity index (χ0n) is 14.3. The van der Waals surface area contributed by atoms with Crippen LogP contribution in [0.15, 0.2) is 24.3 Å². The molecule has 0 spiro atoms. The number of amides is 1. The third-order valence-electron chi connectivity index (χ3n) is 4.06. The molecule has 6 heteroatoms. The van der Waals surface area contributed by atoms with Crippen molar-refractivity contribution >= 4 is 29.2 Å². The highest BCUT2D eigenvalue weighted by Crippen LogP contribution is 2.27. The summed E-state index contributed by atoms with van der Waals surface area (Å²) in [5.74, 6) is 1.20. The summed E-state index contributed by atoms with van der Waals surface area (Å²) < 4.78 is 5.86. The van der Waals surface area contributed by atoms with E-state index in [9.17, 15) is 4.79 Å². The third kappa shape index (κ3) is 4.42. The number of aromatic nitrogens is 1. The second-order valence-corrected chi connectivity index (χ2v) is 6.59. The number of ether oxygens (including phenoxy) is 1. The fourth-order valence-corrected chi connectivity index (χ4v) is 2.84. The maximum Gasteiger partial charge on any atom is 0.282 e. The number of hydrazine groups is 1. The number of hydrogen-bond acceptors (Lipinski definition) is 3. The van der Waals surface area contributed by atoms with Crippen molar-refractivity contribution < 1.29 is 9.53 Å². The maximum atomic E-state index is 12.4. The number of piperidine rings is 1. The van der Waals surface area contributed by atoms with Crippen molar-refractivity contribution in [3.63, 3.8) is 0 Å². The predicted octanol–water partition coefficient (Wildman–Crippen LogP) is 3.76. The molecule has 5 nitrogen and oxygen atoms in total. The molecule has 3 rings (SSSR count). The minimum Gasteiger partial charge on any atom is -0.493 e. The molecule has 1 amide bonds. The van der Waals surface area contributed by atoms with E-state index in [2.05, 4.69) is 24.3 Å². The van der Waals surface area contributed by atoms with Crippen LogP contribution in [-0.4, -0.2) is 35.6 Å². The van der Waals surface area contributed by atoms with E-state index in [4.69, 9.17) is 4.74 Å². The number of carbonyl (C=O) groups excluding carboxylic acids is 1. The number of carbonyl (C=O) groups is 1. The highest BCUT2D eigenvalue weighted by Gasteiger charge is 2.16. The molecule has 0 aliphatic carbocycles. The van der Waals surface area contributed by atoms with Gasteiger partial charge in [-0.25, -0.2) is 5.01 Å². The summed E-state index contributed by atoms with van der Waals surface area (Å²) in [6.07, 6.45) is 3.52. The normalized spacial score (nSPS) is 15.3. The van der Waals surface area contributed by atoms with Crippen LogP contribution in [0.25, 0.3) is 10.9 Å². The Morgan fingerprint density at radius 1 is 1.29 bits per heavy atom. The Bertz CT molecular complexity index is 678. The lowest BCUT2D eigenvalue weighted by molar-refractivity contribution is 0.0745. The first-order chi connectivity index (χ1) is 11.1. The van der Waals surface area contributed by atoms with Gasteiger partial charge in [0.2, 0.25) is 0 Å². The molecule has 2 N–H and O–H groups in total. The topological polar surface area (TPSA) is 57.4 Å². The standard InChI is InChI=1S/C18H25N3O2.ClH/c1-13(2)12-23-17-8-6-7-15-14(17)11-16(19-15)18(22)20-21-9-4-3-5-10-21;/h6-8,11,13,19H,3-5,9-10,12H2,1-2H3,(H,20,22);1H. The van der Waals surface area contributed by atoms with Crippen LogP contribution in [0, 0.1) is 5.92 Å². The fourth-order valence-electron chi connectivity index (χ4n) is 2.84. The van der Waals surface area contributed by atoms with Gasteiger partial charge in [-0.15, -0.1) is 12.4 Å². The molecule has 0 radical (unpaired) electrons. The number of rotatable bonds is 5. The fraction of sp³-hybridized carbons (Fsp3) is 0.500. The van der Waals surface area contributed by atoms with Crippen LogP contribution < -0.4 is 10.2 Å². The molecule has 0 bridgehead atoms. The van der Waals surface area contributed by atoms with E-state index in [1.165, 1.54) is 6.42 Å². The molecule has 1 aliphatic heterocycles. The van der Waals surface area contributed by atoms with Gasteiger partial charge in [-0.2, -0.15) is 0 Å². The summed E-state index contributed by atoms with van der Waals surface area (Å²) in [5, 5.41) is 2.96. The Kier molecular flexibility index (Phi) is 6.52. The number of benzene rings is 1. The Hall–Kier alpha value is -1.72. The second-order valence-electron chi connectivity index (χ2n) is 6.59. The zero-order valence-corrected chi connectivity index (χ0v) is 15.1. The van der Waals surface area contributed by atoms with Crippen molar-refractivity contribution in [3.8, 4) is 5.75 Å². The van der Waals surface area contributed by atoms with Crippen LogP contribution in [0.4, 0.5) is 0 Å². The van der Waals surface area contributed by atoms with Gasteiger partial charge in [-0.05, 0) is 37.0 Å². The quantitative estimate of drug-likeness (QED) is 0.862. The summed E-state index contributed by atoms with van der Waals surface area (Å²) >= 11 is 0. The van der Waals surface area contributed by atoms with Crippen LogP contribution in [0.1, 0.15) is 43.6 Å². The Labute approximate surface area is 149 Å². The van der Waals surface area contributed by atoms with Gasteiger partial charge in [0, 0.05) is 24.0 Å². The number of hydrogen-bond donors (Lipinski definition) is 2. The minimum atomic E-state index is -0.0853. The van der Waals surface area contributed by atoms with Gasteiger partial charge in [0.1, 0.15) is 11.4 Å². The highest BCUT2D eigenvalue weighted by atomic mass is 35.5. The van der Waals surface area contributed by atoms with Crippen molar-refractivity contribution in [2.24, 2.45) is 5.92 Å². The average Bonchev–Trinajstić information content (AvgIpc) is 2.98. The van der Waals surface area contributed by atoms with E-state index in [0.29, 0.717) is 18.2 Å². The molecule has 0 saturated carbocycles. The molecule has 1 saturated heterocycles. The Morgan fingerprint density at radius 3 is 2.75 bits per heavy atom. The van der Waals surface area contributed by atoms with Crippen molar-refractivity contribution in [1.29, 1.82) is 0 Å². The van der Waals surface area contributed by atoms with E-state index in [1.54, 1.807) is 0 Å². The molecule has 1 aromatic heterocycles. The summed E-state index contributed by atoms with van der Waals surface area (Å²) in [4.78, 5) is 15.6. The molecule has 1 fully saturated rings. The van der Waals surface area contributed by atoms with Crippen molar-refractivity contribution in [3.05, 3.63) is 30.0 Å². The lowest BCUT2D eigenvalue weighted by atomic mass is 10.2. The van der Waals surface area contributed by atoms with Crippen LogP contribution in [-0.2, 0) is 0 Å². The van der Waals surface area contributed by atoms with Crippen molar-refractivity contribution in [1.82, 2.24) is 15.4 Å². The average molecular weight is 352 g/mol. The maximum absolute atomic E-state index is 12.4. The van der Waals surface area contributed by atoms with Gasteiger partial charge >= 0.3 is 0 Å². The van der Waals surface area contributed by atoms with Crippen LogP contribution >= 0.6 is 12.4 Å². The predicted molar refractivity (Wildman–Crippen MR) is 98.8 cm³/mol. The number of fused-ring (bicyclic) bond motifs is 1. The molecule has 2 aromatic rings. The summed E-state index contributed by atoms with van der Waals surface area (Å²) in [6, 6.07) is 7.74. The molecule has 132 valence electrons. The SMILES string of the molecule is CC(C)COc1cccc2[nH]c(C(=O)NN3CCCCC3)cc12.Cl. The van der Waals surface area contributed by atoms with E-state index in [1.807, 2.05) is 29.3 Å². The number of halogens is 1. The lowest BCUT2D eigenvalue weighted by Gasteiger charge is -2.26. The summed E-state index contributed by atoms with van der Waals surface area (Å²) in [6.45, 7) is 6.76. The molecule has 0 atom stereocenters. The number of nitrogens with one attached hydrogen (secondary N) is 2. The van der Waals surface area contributed by atoms with Gasteiger partial charge in [0.25, 0.3) is 5.91 Å². The molecule has 0 unspecified atom stereocenters. The zero-order chi connectivity index (χ0) is 16.2. The summed E-state index contributed by atoms with van der Waals surface area (Å²) in [5.41, 5.74) is 4.49. The van der Waals surface area contributed by atoms with Gasteiger partial charge in [-0.1, -0.05) is 26.3 Å². The Morgan fingerprint density at radius 2 is 2.04 bits per heavy atom. The van der Waals surface area contributed by atoms with Gasteiger partial charge < -0.3 is 9.72 Å². The van der Waals surface area contributed by atoms with E-state index < -0.39 is 0 Å².